The Labute approximate surface area is 173 Å². The minimum Gasteiger partial charge on any atom is -0.273 e. The zero-order chi connectivity index (χ0) is 19.2. The van der Waals surface area contributed by atoms with Crippen molar-refractivity contribution >= 4 is 56.1 Å². The van der Waals surface area contributed by atoms with Crippen LogP contribution in [0.5, 0.6) is 0 Å². The van der Waals surface area contributed by atoms with Crippen LogP contribution in [0.15, 0.2) is 67.7 Å². The van der Waals surface area contributed by atoms with Crippen LogP contribution >= 0.6 is 31.9 Å². The van der Waals surface area contributed by atoms with Gasteiger partial charge in [-0.1, -0.05) is 68.3 Å². The van der Waals surface area contributed by atoms with Crippen LogP contribution in [0.1, 0.15) is 17.5 Å². The summed E-state index contributed by atoms with van der Waals surface area (Å²) in [7, 11) is 0. The molecule has 1 fully saturated rings. The molecule has 0 saturated heterocycles. The highest BCUT2D eigenvalue weighted by Gasteiger charge is 2.48. The van der Waals surface area contributed by atoms with Crippen molar-refractivity contribution in [3.8, 4) is 0 Å². The fourth-order valence-electron chi connectivity index (χ4n) is 2.43. The molecule has 6 nitrogen and oxygen atoms in total. The predicted octanol–water partition coefficient (Wildman–Crippen LogP) is 3.45. The van der Waals surface area contributed by atoms with Crippen LogP contribution in [0, 0.1) is 11.8 Å². The van der Waals surface area contributed by atoms with Gasteiger partial charge in [0.25, 0.3) is 0 Å². The summed E-state index contributed by atoms with van der Waals surface area (Å²) in [5, 5.41) is 7.90. The second-order valence-electron chi connectivity index (χ2n) is 5.96. The number of hydrazone groups is 2. The van der Waals surface area contributed by atoms with Crippen LogP contribution in [-0.2, 0) is 9.59 Å². The number of nitrogens with zero attached hydrogens (tertiary/aromatic N) is 2. The first-order valence-corrected chi connectivity index (χ1v) is 9.80. The second-order valence-corrected chi connectivity index (χ2v) is 7.67. The van der Waals surface area contributed by atoms with E-state index in [1.54, 1.807) is 12.4 Å². The van der Waals surface area contributed by atoms with Crippen LogP contribution in [-0.4, -0.2) is 24.2 Å². The average molecular weight is 492 g/mol. The zero-order valence-electron chi connectivity index (χ0n) is 14.1. The molecule has 27 heavy (non-hydrogen) atoms. The van der Waals surface area contributed by atoms with E-state index in [1.165, 1.54) is 0 Å². The summed E-state index contributed by atoms with van der Waals surface area (Å²) < 4.78 is 1.77. The molecule has 2 amide bonds. The molecule has 0 unspecified atom stereocenters. The quantitative estimate of drug-likeness (QED) is 0.479. The standard InChI is InChI=1S/C19H16Br2N4O2/c20-16-7-3-1-5-12(16)10-22-24-18(26)14-9-15(14)19(27)25-23-11-13-6-2-4-8-17(13)21/h1-8,10-11,14-15H,9H2,(H,24,26)(H,25,27)/t14-,15-/m1/s1. The van der Waals surface area contributed by atoms with Crippen molar-refractivity contribution in [2.75, 3.05) is 0 Å². The van der Waals surface area contributed by atoms with E-state index in [1.807, 2.05) is 48.5 Å². The molecule has 0 bridgehead atoms. The van der Waals surface area contributed by atoms with Gasteiger partial charge in [-0.25, -0.2) is 10.9 Å². The Morgan fingerprint density at radius 2 is 1.22 bits per heavy atom. The number of carbonyl (C=O) groups is 2. The lowest BCUT2D eigenvalue weighted by atomic mass is 10.2. The van der Waals surface area contributed by atoms with Gasteiger partial charge < -0.3 is 0 Å². The highest BCUT2D eigenvalue weighted by atomic mass is 79.9. The normalized spacial score (nSPS) is 18.6. The second kappa shape index (κ2) is 9.05. The number of amides is 2. The SMILES string of the molecule is O=C(NN=Cc1ccccc1Br)[C@@H]1C[C@H]1C(=O)NN=Cc1ccccc1Br. The fourth-order valence-corrected chi connectivity index (χ4v) is 3.21. The van der Waals surface area contributed by atoms with Crippen LogP contribution in [0.4, 0.5) is 0 Å². The van der Waals surface area contributed by atoms with Gasteiger partial charge in [0.2, 0.25) is 11.8 Å². The Kier molecular flexibility index (Phi) is 6.52. The lowest BCUT2D eigenvalue weighted by molar-refractivity contribution is -0.127. The summed E-state index contributed by atoms with van der Waals surface area (Å²) in [6, 6.07) is 15.1. The lowest BCUT2D eigenvalue weighted by Crippen LogP contribution is -2.25. The topological polar surface area (TPSA) is 82.9 Å². The molecule has 2 aromatic rings. The number of halogens is 2. The maximum Gasteiger partial charge on any atom is 0.244 e. The number of carbonyl (C=O) groups excluding carboxylic acids is 2. The van der Waals surface area contributed by atoms with Crippen molar-refractivity contribution in [3.63, 3.8) is 0 Å². The van der Waals surface area contributed by atoms with E-state index >= 15 is 0 Å². The maximum absolute atomic E-state index is 12.1. The van der Waals surface area contributed by atoms with Crippen molar-refractivity contribution in [1.82, 2.24) is 10.9 Å². The summed E-state index contributed by atoms with van der Waals surface area (Å²) >= 11 is 6.81. The number of hydrogen-bond acceptors (Lipinski definition) is 4. The summed E-state index contributed by atoms with van der Waals surface area (Å²) in [6.45, 7) is 0. The van der Waals surface area contributed by atoms with E-state index in [-0.39, 0.29) is 23.7 Å². The zero-order valence-corrected chi connectivity index (χ0v) is 17.3. The van der Waals surface area contributed by atoms with E-state index in [2.05, 4.69) is 52.9 Å². The van der Waals surface area contributed by atoms with Gasteiger partial charge in [-0.15, -0.1) is 0 Å². The van der Waals surface area contributed by atoms with Crippen LogP contribution in [0.25, 0.3) is 0 Å². The molecule has 2 atom stereocenters. The Morgan fingerprint density at radius 1 is 0.815 bits per heavy atom. The Morgan fingerprint density at radius 3 is 1.63 bits per heavy atom. The molecular formula is C19H16Br2N4O2. The monoisotopic (exact) mass is 490 g/mol. The van der Waals surface area contributed by atoms with E-state index < -0.39 is 0 Å². The molecule has 0 spiro atoms. The number of hydrogen-bond donors (Lipinski definition) is 2. The molecule has 1 aliphatic rings. The third-order valence-corrected chi connectivity index (χ3v) is 5.48. The summed E-state index contributed by atoms with van der Waals surface area (Å²) in [4.78, 5) is 24.1. The molecule has 2 aromatic carbocycles. The van der Waals surface area contributed by atoms with E-state index in [0.717, 1.165) is 20.1 Å². The molecule has 0 heterocycles. The van der Waals surface area contributed by atoms with Gasteiger partial charge >= 0.3 is 0 Å². The Balaban J connectivity index is 1.46. The highest BCUT2D eigenvalue weighted by Crippen LogP contribution is 2.38. The molecule has 8 heteroatoms. The lowest BCUT2D eigenvalue weighted by Gasteiger charge is -2.01. The summed E-state index contributed by atoms with van der Waals surface area (Å²) in [5.74, 6) is -1.29. The first-order chi connectivity index (χ1) is 13.1. The first-order valence-electron chi connectivity index (χ1n) is 8.21. The molecule has 0 aliphatic heterocycles. The van der Waals surface area contributed by atoms with Gasteiger partial charge in [-0.05, 0) is 18.6 Å². The minimum atomic E-state index is -0.375. The van der Waals surface area contributed by atoms with Gasteiger partial charge in [-0.2, -0.15) is 10.2 Å². The van der Waals surface area contributed by atoms with E-state index in [0.29, 0.717) is 6.42 Å². The number of nitrogens with one attached hydrogen (secondary N) is 2. The van der Waals surface area contributed by atoms with Gasteiger partial charge in [0, 0.05) is 20.1 Å². The molecule has 0 aromatic heterocycles. The first kappa shape index (κ1) is 19.4. The maximum atomic E-state index is 12.1. The van der Waals surface area contributed by atoms with E-state index in [4.69, 9.17) is 0 Å². The number of benzene rings is 2. The third-order valence-electron chi connectivity index (χ3n) is 4.03. The molecule has 1 saturated carbocycles. The largest absolute Gasteiger partial charge is 0.273 e. The highest BCUT2D eigenvalue weighted by molar-refractivity contribution is 9.10. The van der Waals surface area contributed by atoms with Crippen molar-refractivity contribution in [2.24, 2.45) is 22.0 Å². The van der Waals surface area contributed by atoms with Crippen molar-refractivity contribution in [1.29, 1.82) is 0 Å². The number of rotatable bonds is 6. The molecule has 1 aliphatic carbocycles. The molecule has 3 rings (SSSR count). The molecular weight excluding hydrogens is 476 g/mol. The fraction of sp³-hybridized carbons (Fsp3) is 0.158. The predicted molar refractivity (Wildman–Crippen MR) is 111 cm³/mol. The van der Waals surface area contributed by atoms with Crippen molar-refractivity contribution in [2.45, 2.75) is 6.42 Å². The van der Waals surface area contributed by atoms with E-state index in [9.17, 15) is 9.59 Å². The summed E-state index contributed by atoms with van der Waals surface area (Å²) in [5.41, 5.74) is 6.66. The third kappa shape index (κ3) is 5.33. The smallest absolute Gasteiger partial charge is 0.244 e. The molecule has 2 N–H and O–H groups in total. The van der Waals surface area contributed by atoms with Crippen LogP contribution < -0.4 is 10.9 Å². The van der Waals surface area contributed by atoms with Gasteiger partial charge in [-0.3, -0.25) is 9.59 Å². The summed E-state index contributed by atoms with van der Waals surface area (Å²) in [6.07, 6.45) is 3.61. The minimum absolute atomic E-state index is 0.270. The van der Waals surface area contributed by atoms with Crippen LogP contribution in [0.3, 0.4) is 0 Å². The average Bonchev–Trinajstić information content (AvgIpc) is 3.46. The van der Waals surface area contributed by atoms with Crippen LogP contribution in [0.2, 0.25) is 0 Å². The molecule has 138 valence electrons. The molecule has 0 radical (unpaired) electrons. The Bertz CT molecular complexity index is 841. The van der Waals surface area contributed by atoms with Crippen molar-refractivity contribution < 1.29 is 9.59 Å². The van der Waals surface area contributed by atoms with Gasteiger partial charge in [0.1, 0.15) is 0 Å². The Hall–Kier alpha value is -2.32. The van der Waals surface area contributed by atoms with Gasteiger partial charge in [0.05, 0.1) is 24.3 Å². The van der Waals surface area contributed by atoms with Crippen molar-refractivity contribution in [3.05, 3.63) is 68.6 Å². The van der Waals surface area contributed by atoms with Gasteiger partial charge in [0.15, 0.2) is 0 Å².